The van der Waals surface area contributed by atoms with Crippen molar-refractivity contribution in [2.75, 3.05) is 13.1 Å². The van der Waals surface area contributed by atoms with E-state index in [0.29, 0.717) is 6.54 Å². The molecule has 0 atom stereocenters. The van der Waals surface area contributed by atoms with Crippen LogP contribution in [0.1, 0.15) is 29.9 Å². The average Bonchev–Trinajstić information content (AvgIpc) is 3.48. The van der Waals surface area contributed by atoms with Crippen LogP contribution in [0.15, 0.2) is 77.4 Å². The Kier molecular flexibility index (Phi) is 6.51. The summed E-state index contributed by atoms with van der Waals surface area (Å²) in [6.45, 7) is 3.98. The van der Waals surface area contributed by atoms with Gasteiger partial charge in [0.25, 0.3) is 0 Å². The van der Waals surface area contributed by atoms with Crippen LogP contribution < -0.4 is 5.32 Å². The quantitative estimate of drug-likeness (QED) is 0.397. The van der Waals surface area contributed by atoms with Crippen LogP contribution in [0, 0.1) is 5.92 Å². The van der Waals surface area contributed by atoms with Gasteiger partial charge in [-0.05, 0) is 73.3 Å². The Morgan fingerprint density at radius 1 is 1.00 bits per heavy atom. The third kappa shape index (κ3) is 5.15. The molecule has 0 unspecified atom stereocenters. The number of hydrogen-bond donors (Lipinski definition) is 1. The van der Waals surface area contributed by atoms with Crippen LogP contribution in [-0.4, -0.2) is 28.5 Å². The molecule has 1 N–H and O–H groups in total. The van der Waals surface area contributed by atoms with Crippen molar-refractivity contribution in [1.82, 2.24) is 14.8 Å². The summed E-state index contributed by atoms with van der Waals surface area (Å²) in [6, 6.07) is 22.6. The molecule has 4 aromatic rings. The van der Waals surface area contributed by atoms with E-state index in [2.05, 4.69) is 57.2 Å². The maximum Gasteiger partial charge on any atom is 0.223 e. The fourth-order valence-electron chi connectivity index (χ4n) is 4.67. The maximum absolute atomic E-state index is 12.6. The predicted octanol–water partition coefficient (Wildman–Crippen LogP) is 5.46. The number of benzene rings is 2. The first-order valence-electron chi connectivity index (χ1n) is 11.5. The second-order valence-electron chi connectivity index (χ2n) is 8.75. The summed E-state index contributed by atoms with van der Waals surface area (Å²) in [5.74, 6) is 0.980. The average molecular weight is 462 g/mol. The van der Waals surface area contributed by atoms with Gasteiger partial charge in [-0.2, -0.15) is 0 Å². The van der Waals surface area contributed by atoms with E-state index in [1.54, 1.807) is 6.26 Å². The molecule has 1 amide bonds. The summed E-state index contributed by atoms with van der Waals surface area (Å²) in [4.78, 5) is 15.0. The monoisotopic (exact) mass is 461 g/mol. The molecule has 0 bridgehead atoms. The Bertz CT molecular complexity index is 1210. The summed E-state index contributed by atoms with van der Waals surface area (Å²) in [7, 11) is 0. The van der Waals surface area contributed by atoms with E-state index in [0.717, 1.165) is 49.8 Å². The number of piperidine rings is 1. The first kappa shape index (κ1) is 21.8. The van der Waals surface area contributed by atoms with Crippen LogP contribution in [0.4, 0.5) is 0 Å². The summed E-state index contributed by atoms with van der Waals surface area (Å²) in [6.07, 6.45) is 3.38. The molecule has 2 aromatic carbocycles. The van der Waals surface area contributed by atoms with Gasteiger partial charge in [0, 0.05) is 35.2 Å². The molecule has 1 aliphatic heterocycles. The minimum absolute atomic E-state index is 0.0659. The molecule has 3 heterocycles. The van der Waals surface area contributed by atoms with Crippen LogP contribution in [0.3, 0.4) is 0 Å². The van der Waals surface area contributed by atoms with E-state index in [4.69, 9.17) is 16.0 Å². The first-order chi connectivity index (χ1) is 16.2. The third-order valence-corrected chi connectivity index (χ3v) is 6.76. The SMILES string of the molecule is O=C(NCc1ccco1)C1CCN(Cc2cc3ccccc3n2Cc2ccc(Cl)cc2)CC1. The molecule has 1 aliphatic rings. The van der Waals surface area contributed by atoms with Crippen molar-refractivity contribution >= 4 is 28.4 Å². The van der Waals surface area contributed by atoms with Gasteiger partial charge in [-0.1, -0.05) is 41.9 Å². The number of carbonyl (C=O) groups excluding carboxylic acids is 1. The lowest BCUT2D eigenvalue weighted by Gasteiger charge is -2.31. The third-order valence-electron chi connectivity index (χ3n) is 6.51. The summed E-state index contributed by atoms with van der Waals surface area (Å²) in [5, 5.41) is 5.03. The van der Waals surface area contributed by atoms with E-state index >= 15 is 0 Å². The summed E-state index contributed by atoms with van der Waals surface area (Å²) < 4.78 is 7.71. The van der Waals surface area contributed by atoms with Gasteiger partial charge in [0.1, 0.15) is 5.76 Å². The molecule has 0 spiro atoms. The zero-order valence-corrected chi connectivity index (χ0v) is 19.3. The molecule has 0 radical (unpaired) electrons. The predicted molar refractivity (Wildman–Crippen MR) is 131 cm³/mol. The minimum atomic E-state index is 0.0659. The van der Waals surface area contributed by atoms with Crippen molar-refractivity contribution in [2.45, 2.75) is 32.5 Å². The van der Waals surface area contributed by atoms with E-state index in [-0.39, 0.29) is 11.8 Å². The number of furan rings is 1. The number of aromatic nitrogens is 1. The number of amides is 1. The van der Waals surface area contributed by atoms with Crippen LogP contribution in [-0.2, 0) is 24.4 Å². The van der Waals surface area contributed by atoms with Gasteiger partial charge in [-0.3, -0.25) is 9.69 Å². The molecule has 0 saturated carbocycles. The van der Waals surface area contributed by atoms with Crippen molar-refractivity contribution in [1.29, 1.82) is 0 Å². The van der Waals surface area contributed by atoms with Gasteiger partial charge < -0.3 is 14.3 Å². The van der Waals surface area contributed by atoms with Crippen molar-refractivity contribution in [3.8, 4) is 0 Å². The lowest BCUT2D eigenvalue weighted by atomic mass is 9.96. The maximum atomic E-state index is 12.6. The zero-order chi connectivity index (χ0) is 22.6. The second kappa shape index (κ2) is 9.86. The van der Waals surface area contributed by atoms with E-state index < -0.39 is 0 Å². The molecule has 1 fully saturated rings. The number of fused-ring (bicyclic) bond motifs is 1. The first-order valence-corrected chi connectivity index (χ1v) is 11.9. The van der Waals surface area contributed by atoms with E-state index in [1.807, 2.05) is 24.3 Å². The van der Waals surface area contributed by atoms with Gasteiger partial charge >= 0.3 is 0 Å². The van der Waals surface area contributed by atoms with Crippen LogP contribution in [0.5, 0.6) is 0 Å². The van der Waals surface area contributed by atoms with Crippen LogP contribution >= 0.6 is 11.6 Å². The standard InChI is InChI=1S/C27H28ClN3O2/c28-23-9-7-20(8-10-23)18-31-24(16-22-4-1-2-6-26(22)31)19-30-13-11-21(12-14-30)27(32)29-17-25-5-3-15-33-25/h1-10,15-16,21H,11-14,17-19H2,(H,29,32). The Labute approximate surface area is 198 Å². The second-order valence-corrected chi connectivity index (χ2v) is 9.19. The molecule has 5 nitrogen and oxygen atoms in total. The fourth-order valence-corrected chi connectivity index (χ4v) is 4.80. The Morgan fingerprint density at radius 2 is 1.79 bits per heavy atom. The number of nitrogens with zero attached hydrogens (tertiary/aromatic N) is 2. The highest BCUT2D eigenvalue weighted by Gasteiger charge is 2.25. The smallest absolute Gasteiger partial charge is 0.223 e. The highest BCUT2D eigenvalue weighted by molar-refractivity contribution is 6.30. The summed E-state index contributed by atoms with van der Waals surface area (Å²) in [5.41, 5.74) is 3.77. The van der Waals surface area contributed by atoms with Crippen molar-refractivity contribution in [3.05, 3.63) is 95.0 Å². The molecular weight excluding hydrogens is 434 g/mol. The van der Waals surface area contributed by atoms with Gasteiger partial charge in [0.2, 0.25) is 5.91 Å². The molecule has 170 valence electrons. The molecular formula is C27H28ClN3O2. The van der Waals surface area contributed by atoms with Crippen molar-refractivity contribution < 1.29 is 9.21 Å². The number of nitrogens with one attached hydrogen (secondary N) is 1. The van der Waals surface area contributed by atoms with Crippen molar-refractivity contribution in [3.63, 3.8) is 0 Å². The molecule has 5 rings (SSSR count). The minimum Gasteiger partial charge on any atom is -0.467 e. The zero-order valence-electron chi connectivity index (χ0n) is 18.5. The molecule has 2 aromatic heterocycles. The van der Waals surface area contributed by atoms with Crippen LogP contribution in [0.2, 0.25) is 5.02 Å². The number of rotatable bonds is 7. The number of para-hydroxylation sites is 1. The number of hydrogen-bond acceptors (Lipinski definition) is 3. The highest BCUT2D eigenvalue weighted by Crippen LogP contribution is 2.25. The van der Waals surface area contributed by atoms with Gasteiger partial charge in [0.15, 0.2) is 0 Å². The lowest BCUT2D eigenvalue weighted by Crippen LogP contribution is -2.40. The summed E-state index contributed by atoms with van der Waals surface area (Å²) >= 11 is 6.08. The fraction of sp³-hybridized carbons (Fsp3) is 0.296. The molecule has 6 heteroatoms. The van der Waals surface area contributed by atoms with Gasteiger partial charge in [0.05, 0.1) is 12.8 Å². The normalized spacial score (nSPS) is 15.2. The lowest BCUT2D eigenvalue weighted by molar-refractivity contribution is -0.126. The Hall–Kier alpha value is -3.02. The van der Waals surface area contributed by atoms with Gasteiger partial charge in [-0.15, -0.1) is 0 Å². The Balaban J connectivity index is 1.24. The van der Waals surface area contributed by atoms with Crippen molar-refractivity contribution in [2.24, 2.45) is 5.92 Å². The van der Waals surface area contributed by atoms with Crippen LogP contribution in [0.25, 0.3) is 10.9 Å². The number of likely N-dealkylation sites (tertiary alicyclic amines) is 1. The topological polar surface area (TPSA) is 50.4 Å². The van der Waals surface area contributed by atoms with E-state index in [1.165, 1.54) is 22.2 Å². The molecule has 1 saturated heterocycles. The van der Waals surface area contributed by atoms with E-state index in [9.17, 15) is 4.79 Å². The molecule has 33 heavy (non-hydrogen) atoms. The molecule has 0 aliphatic carbocycles. The Morgan fingerprint density at radius 3 is 2.55 bits per heavy atom. The number of halogens is 1. The largest absolute Gasteiger partial charge is 0.467 e. The van der Waals surface area contributed by atoms with Gasteiger partial charge in [-0.25, -0.2) is 0 Å². The highest BCUT2D eigenvalue weighted by atomic mass is 35.5. The number of carbonyl (C=O) groups is 1.